The predicted molar refractivity (Wildman–Crippen MR) is 35.1 cm³/mol. The van der Waals surface area contributed by atoms with Crippen LogP contribution in [-0.2, 0) is 0 Å². The van der Waals surface area contributed by atoms with Crippen LogP contribution in [-0.4, -0.2) is 13.6 Å². The molecule has 0 heterocycles. The Labute approximate surface area is 51.0 Å². The minimum atomic E-state index is 0.750. The van der Waals surface area contributed by atoms with Gasteiger partial charge in [0.15, 0.2) is 0 Å². The van der Waals surface area contributed by atoms with Crippen molar-refractivity contribution in [3.63, 3.8) is 0 Å². The smallest absolute Gasteiger partial charge is 0.0601 e. The molecular weight excluding hydrogens is 100 g/mol. The maximum Gasteiger partial charge on any atom is 0.0601 e. The van der Waals surface area contributed by atoms with Gasteiger partial charge >= 0.3 is 0 Å². The highest BCUT2D eigenvalue weighted by Crippen LogP contribution is 1.97. The van der Waals surface area contributed by atoms with E-state index in [2.05, 4.69) is 24.1 Å². The summed E-state index contributed by atoms with van der Waals surface area (Å²) in [5.41, 5.74) is 0. The fraction of sp³-hybridized carbons (Fsp3) is 1.00. The minimum absolute atomic E-state index is 0.750. The Morgan fingerprint density at radius 2 is 2.00 bits per heavy atom. The lowest BCUT2D eigenvalue weighted by Crippen LogP contribution is -1.88. The highest BCUT2D eigenvalue weighted by atomic mass is 15.1. The first kappa shape index (κ1) is 7.60. The van der Waals surface area contributed by atoms with Gasteiger partial charge in [-0.2, -0.15) is 10.2 Å². The van der Waals surface area contributed by atoms with Crippen molar-refractivity contribution in [1.82, 2.24) is 0 Å². The molecule has 0 aliphatic rings. The third kappa shape index (κ3) is 5.60. The van der Waals surface area contributed by atoms with Crippen LogP contribution >= 0.6 is 0 Å². The molecule has 0 amide bonds. The van der Waals surface area contributed by atoms with Crippen LogP contribution in [0, 0.1) is 5.92 Å². The summed E-state index contributed by atoms with van der Waals surface area (Å²) in [4.78, 5) is 0. The maximum absolute atomic E-state index is 3.84. The molecule has 0 aromatic rings. The second-order valence-corrected chi connectivity index (χ2v) is 2.25. The van der Waals surface area contributed by atoms with Crippen LogP contribution in [0.2, 0.25) is 0 Å². The van der Waals surface area contributed by atoms with Crippen molar-refractivity contribution < 1.29 is 0 Å². The van der Waals surface area contributed by atoms with Crippen molar-refractivity contribution in [2.45, 2.75) is 20.3 Å². The van der Waals surface area contributed by atoms with Gasteiger partial charge < -0.3 is 0 Å². The molecule has 0 aromatic heterocycles. The normalized spacial score (nSPS) is 11.5. The molecule has 0 atom stereocenters. The number of rotatable bonds is 3. The molecule has 0 radical (unpaired) electrons. The molecule has 0 aromatic carbocycles. The Morgan fingerprint density at radius 1 is 1.38 bits per heavy atom. The SMILES string of the molecule is CN=NCCC(C)C. The molecule has 0 spiro atoms. The summed E-state index contributed by atoms with van der Waals surface area (Å²) in [7, 11) is 1.71. The third-order valence-corrected chi connectivity index (χ3v) is 0.948. The zero-order chi connectivity index (χ0) is 6.41. The molecule has 0 bridgehead atoms. The highest BCUT2D eigenvalue weighted by Gasteiger charge is 1.89. The molecule has 0 saturated heterocycles. The fourth-order valence-electron chi connectivity index (χ4n) is 0.416. The van der Waals surface area contributed by atoms with E-state index in [0.717, 1.165) is 18.9 Å². The van der Waals surface area contributed by atoms with Gasteiger partial charge in [0.1, 0.15) is 0 Å². The van der Waals surface area contributed by atoms with E-state index in [4.69, 9.17) is 0 Å². The minimum Gasteiger partial charge on any atom is -0.198 e. The molecule has 8 heavy (non-hydrogen) atoms. The van der Waals surface area contributed by atoms with Gasteiger partial charge in [0.05, 0.1) is 6.54 Å². The van der Waals surface area contributed by atoms with Crippen molar-refractivity contribution in [1.29, 1.82) is 0 Å². The van der Waals surface area contributed by atoms with Crippen LogP contribution in [0.1, 0.15) is 20.3 Å². The Morgan fingerprint density at radius 3 is 2.38 bits per heavy atom. The largest absolute Gasteiger partial charge is 0.198 e. The highest BCUT2D eigenvalue weighted by molar-refractivity contribution is 4.45. The number of hydrogen-bond acceptors (Lipinski definition) is 2. The van der Waals surface area contributed by atoms with Gasteiger partial charge in [0.2, 0.25) is 0 Å². The summed E-state index contributed by atoms with van der Waals surface area (Å²) in [5.74, 6) is 0.750. The van der Waals surface area contributed by atoms with E-state index >= 15 is 0 Å². The average molecular weight is 114 g/mol. The Kier molecular flexibility index (Phi) is 4.51. The maximum atomic E-state index is 3.84. The molecular formula is C6H14N2. The van der Waals surface area contributed by atoms with Crippen LogP contribution in [0.15, 0.2) is 10.2 Å². The molecule has 0 aliphatic heterocycles. The first-order valence-electron chi connectivity index (χ1n) is 3.03. The lowest BCUT2D eigenvalue weighted by molar-refractivity contribution is 0.588. The van der Waals surface area contributed by atoms with Crippen molar-refractivity contribution in [2.75, 3.05) is 13.6 Å². The Balaban J connectivity index is 2.93. The zero-order valence-corrected chi connectivity index (χ0v) is 5.89. The van der Waals surface area contributed by atoms with Crippen LogP contribution in [0.5, 0.6) is 0 Å². The van der Waals surface area contributed by atoms with Crippen LogP contribution < -0.4 is 0 Å². The second-order valence-electron chi connectivity index (χ2n) is 2.25. The summed E-state index contributed by atoms with van der Waals surface area (Å²) in [6.45, 7) is 5.25. The van der Waals surface area contributed by atoms with Crippen molar-refractivity contribution >= 4 is 0 Å². The van der Waals surface area contributed by atoms with E-state index in [0.29, 0.717) is 0 Å². The van der Waals surface area contributed by atoms with Crippen LogP contribution in [0.4, 0.5) is 0 Å². The van der Waals surface area contributed by atoms with Gasteiger partial charge in [0.25, 0.3) is 0 Å². The van der Waals surface area contributed by atoms with E-state index in [-0.39, 0.29) is 0 Å². The number of hydrogen-bond donors (Lipinski definition) is 0. The Bertz CT molecular complexity index is 66.9. The van der Waals surface area contributed by atoms with E-state index in [9.17, 15) is 0 Å². The Hall–Kier alpha value is -0.400. The van der Waals surface area contributed by atoms with Gasteiger partial charge in [0, 0.05) is 7.05 Å². The van der Waals surface area contributed by atoms with Crippen LogP contribution in [0.3, 0.4) is 0 Å². The van der Waals surface area contributed by atoms with Gasteiger partial charge in [-0.3, -0.25) is 0 Å². The first-order chi connectivity index (χ1) is 3.77. The fourth-order valence-corrected chi connectivity index (χ4v) is 0.416. The third-order valence-electron chi connectivity index (χ3n) is 0.948. The summed E-state index contributed by atoms with van der Waals surface area (Å²) in [5, 5.41) is 7.47. The number of nitrogens with zero attached hydrogens (tertiary/aromatic N) is 2. The standard InChI is InChI=1S/C6H14N2/c1-6(2)4-5-8-7-3/h6H,4-5H2,1-3H3. The molecule has 0 rings (SSSR count). The quantitative estimate of drug-likeness (QED) is 0.502. The summed E-state index contributed by atoms with van der Waals surface area (Å²) >= 11 is 0. The number of azo groups is 1. The molecule has 0 N–H and O–H groups in total. The second kappa shape index (κ2) is 4.75. The summed E-state index contributed by atoms with van der Waals surface area (Å²) in [6.07, 6.45) is 1.15. The van der Waals surface area contributed by atoms with E-state index in [1.807, 2.05) is 0 Å². The van der Waals surface area contributed by atoms with E-state index in [1.165, 1.54) is 0 Å². The van der Waals surface area contributed by atoms with Crippen molar-refractivity contribution in [3.8, 4) is 0 Å². The lowest BCUT2D eigenvalue weighted by Gasteiger charge is -1.96. The average Bonchev–Trinajstić information content (AvgIpc) is 1.66. The molecule has 0 saturated carbocycles. The molecule has 0 aliphatic carbocycles. The summed E-state index contributed by atoms with van der Waals surface area (Å²) in [6, 6.07) is 0. The predicted octanol–water partition coefficient (Wildman–Crippen LogP) is 2.11. The van der Waals surface area contributed by atoms with Gasteiger partial charge in [-0.25, -0.2) is 0 Å². The molecule has 0 unspecified atom stereocenters. The first-order valence-corrected chi connectivity index (χ1v) is 3.03. The van der Waals surface area contributed by atoms with Gasteiger partial charge in [-0.15, -0.1) is 0 Å². The zero-order valence-electron chi connectivity index (χ0n) is 5.89. The van der Waals surface area contributed by atoms with Gasteiger partial charge in [-0.1, -0.05) is 13.8 Å². The molecule has 48 valence electrons. The topological polar surface area (TPSA) is 24.7 Å². The van der Waals surface area contributed by atoms with Gasteiger partial charge in [-0.05, 0) is 12.3 Å². The monoisotopic (exact) mass is 114 g/mol. The summed E-state index contributed by atoms with van der Waals surface area (Å²) < 4.78 is 0. The molecule has 2 nitrogen and oxygen atoms in total. The van der Waals surface area contributed by atoms with Crippen molar-refractivity contribution in [3.05, 3.63) is 0 Å². The molecule has 0 fully saturated rings. The van der Waals surface area contributed by atoms with E-state index < -0.39 is 0 Å². The van der Waals surface area contributed by atoms with E-state index in [1.54, 1.807) is 7.05 Å². The molecule has 2 heteroatoms. The van der Waals surface area contributed by atoms with Crippen LogP contribution in [0.25, 0.3) is 0 Å². The van der Waals surface area contributed by atoms with Crippen molar-refractivity contribution in [2.24, 2.45) is 16.1 Å². The lowest BCUT2D eigenvalue weighted by atomic mass is 10.1.